The van der Waals surface area contributed by atoms with Crippen molar-refractivity contribution in [2.24, 2.45) is 0 Å². The molecule has 18 heavy (non-hydrogen) atoms. The number of benzene rings is 2. The molecule has 0 aromatic heterocycles. The lowest BCUT2D eigenvalue weighted by Crippen LogP contribution is -1.97. The summed E-state index contributed by atoms with van der Waals surface area (Å²) in [6.45, 7) is 3.76. The van der Waals surface area contributed by atoms with Gasteiger partial charge in [0.15, 0.2) is 0 Å². The zero-order valence-corrected chi connectivity index (χ0v) is 10.4. The van der Waals surface area contributed by atoms with E-state index in [-0.39, 0.29) is 23.2 Å². The van der Waals surface area contributed by atoms with Crippen LogP contribution in [-0.2, 0) is 0 Å². The third kappa shape index (κ3) is 2.25. The van der Waals surface area contributed by atoms with Gasteiger partial charge in [0, 0.05) is 17.5 Å². The van der Waals surface area contributed by atoms with Crippen LogP contribution in [0.4, 0.5) is 0 Å². The summed E-state index contributed by atoms with van der Waals surface area (Å²) in [4.78, 5) is 0. The van der Waals surface area contributed by atoms with E-state index in [2.05, 4.69) is 0 Å². The van der Waals surface area contributed by atoms with Gasteiger partial charge in [-0.1, -0.05) is 19.1 Å². The number of phenolic OH excluding ortho intramolecular Hbond substituents is 3. The fraction of sp³-hybridized carbons (Fsp3) is 0.200. The van der Waals surface area contributed by atoms with Gasteiger partial charge < -0.3 is 15.3 Å². The lowest BCUT2D eigenvalue weighted by atomic mass is 9.91. The van der Waals surface area contributed by atoms with E-state index in [9.17, 15) is 15.3 Å². The molecule has 3 N–H and O–H groups in total. The van der Waals surface area contributed by atoms with Crippen molar-refractivity contribution >= 4 is 0 Å². The average molecular weight is 244 g/mol. The fourth-order valence-corrected chi connectivity index (χ4v) is 2.00. The minimum absolute atomic E-state index is 0.00935. The van der Waals surface area contributed by atoms with Crippen molar-refractivity contribution in [2.45, 2.75) is 19.8 Å². The number of aromatic hydroxyl groups is 3. The zero-order valence-electron chi connectivity index (χ0n) is 10.4. The molecule has 0 saturated heterocycles. The van der Waals surface area contributed by atoms with Crippen LogP contribution in [0.2, 0.25) is 0 Å². The molecule has 3 heteroatoms. The fourth-order valence-electron chi connectivity index (χ4n) is 2.00. The van der Waals surface area contributed by atoms with Gasteiger partial charge in [-0.15, -0.1) is 0 Å². The van der Waals surface area contributed by atoms with Gasteiger partial charge in [-0.3, -0.25) is 0 Å². The van der Waals surface area contributed by atoms with E-state index in [0.717, 1.165) is 16.7 Å². The number of aryl methyl sites for hydroxylation is 1. The van der Waals surface area contributed by atoms with Gasteiger partial charge in [0.25, 0.3) is 0 Å². The maximum absolute atomic E-state index is 9.89. The van der Waals surface area contributed by atoms with Gasteiger partial charge in [0.2, 0.25) is 0 Å². The predicted octanol–water partition coefficient (Wildman–Crippen LogP) is 3.26. The Morgan fingerprint density at radius 3 is 2.11 bits per heavy atom. The summed E-state index contributed by atoms with van der Waals surface area (Å²) in [6.07, 6.45) is 0. The van der Waals surface area contributed by atoms with Crippen molar-refractivity contribution < 1.29 is 15.3 Å². The molecule has 0 aliphatic heterocycles. The van der Waals surface area contributed by atoms with Crippen LogP contribution < -0.4 is 0 Å². The van der Waals surface area contributed by atoms with Crippen LogP contribution in [0.25, 0.3) is 0 Å². The first-order valence-corrected chi connectivity index (χ1v) is 5.80. The first kappa shape index (κ1) is 12.3. The quantitative estimate of drug-likeness (QED) is 0.759. The first-order valence-electron chi connectivity index (χ1n) is 5.80. The molecule has 0 amide bonds. The maximum atomic E-state index is 9.89. The molecule has 3 nitrogen and oxygen atoms in total. The molecule has 0 aliphatic carbocycles. The van der Waals surface area contributed by atoms with Gasteiger partial charge in [0.1, 0.15) is 17.2 Å². The smallest absolute Gasteiger partial charge is 0.123 e. The van der Waals surface area contributed by atoms with E-state index in [0.29, 0.717) is 0 Å². The highest BCUT2D eigenvalue weighted by molar-refractivity contribution is 5.49. The highest BCUT2D eigenvalue weighted by atomic mass is 16.3. The molecular weight excluding hydrogens is 228 g/mol. The van der Waals surface area contributed by atoms with Crippen molar-refractivity contribution in [1.29, 1.82) is 0 Å². The molecule has 1 atom stereocenters. The minimum atomic E-state index is -0.00935. The summed E-state index contributed by atoms with van der Waals surface area (Å²) in [6, 6.07) is 10.0. The molecule has 0 aliphatic rings. The summed E-state index contributed by atoms with van der Waals surface area (Å²) in [5.41, 5.74) is 2.48. The second-order valence-corrected chi connectivity index (χ2v) is 4.51. The number of rotatable bonds is 2. The molecule has 0 spiro atoms. The van der Waals surface area contributed by atoms with E-state index >= 15 is 0 Å². The standard InChI is InChI=1S/C15H16O3/c1-9-7-13(15(18)8-14(9)17)10(2)11-3-5-12(16)6-4-11/h3-8,10,16-18H,1-2H3. The Labute approximate surface area is 106 Å². The molecule has 2 aromatic carbocycles. The number of phenols is 3. The molecule has 0 saturated carbocycles. The summed E-state index contributed by atoms with van der Waals surface area (Å²) in [5.74, 6) is 0.384. The van der Waals surface area contributed by atoms with Crippen LogP contribution >= 0.6 is 0 Å². The maximum Gasteiger partial charge on any atom is 0.123 e. The molecular formula is C15H16O3. The Balaban J connectivity index is 2.42. The van der Waals surface area contributed by atoms with Crippen molar-refractivity contribution in [1.82, 2.24) is 0 Å². The monoisotopic (exact) mass is 244 g/mol. The lowest BCUT2D eigenvalue weighted by Gasteiger charge is -2.15. The molecule has 0 radical (unpaired) electrons. The minimum Gasteiger partial charge on any atom is -0.508 e. The second-order valence-electron chi connectivity index (χ2n) is 4.51. The van der Waals surface area contributed by atoms with Crippen LogP contribution in [0.5, 0.6) is 17.2 Å². The van der Waals surface area contributed by atoms with E-state index in [1.54, 1.807) is 25.1 Å². The number of hydrogen-bond acceptors (Lipinski definition) is 3. The van der Waals surface area contributed by atoms with Gasteiger partial charge in [-0.2, -0.15) is 0 Å². The van der Waals surface area contributed by atoms with Crippen LogP contribution in [-0.4, -0.2) is 15.3 Å². The third-order valence-electron chi connectivity index (χ3n) is 3.20. The molecule has 0 bridgehead atoms. The van der Waals surface area contributed by atoms with Crippen molar-refractivity contribution in [3.05, 3.63) is 53.1 Å². The van der Waals surface area contributed by atoms with Crippen LogP contribution in [0.3, 0.4) is 0 Å². The molecule has 1 unspecified atom stereocenters. The summed E-state index contributed by atoms with van der Waals surface area (Å²) in [7, 11) is 0. The van der Waals surface area contributed by atoms with Crippen molar-refractivity contribution in [3.63, 3.8) is 0 Å². The molecule has 0 heterocycles. The average Bonchev–Trinajstić information content (AvgIpc) is 2.34. The first-order chi connectivity index (χ1) is 8.49. The molecule has 0 fully saturated rings. The van der Waals surface area contributed by atoms with E-state index in [4.69, 9.17) is 0 Å². The molecule has 2 aromatic rings. The topological polar surface area (TPSA) is 60.7 Å². The van der Waals surface area contributed by atoms with Crippen LogP contribution in [0.15, 0.2) is 36.4 Å². The normalized spacial score (nSPS) is 12.3. The Kier molecular flexibility index (Phi) is 3.15. The summed E-state index contributed by atoms with van der Waals surface area (Å²) < 4.78 is 0. The predicted molar refractivity (Wildman–Crippen MR) is 70.1 cm³/mol. The third-order valence-corrected chi connectivity index (χ3v) is 3.20. The van der Waals surface area contributed by atoms with Crippen LogP contribution in [0, 0.1) is 6.92 Å². The van der Waals surface area contributed by atoms with E-state index in [1.165, 1.54) is 6.07 Å². The van der Waals surface area contributed by atoms with Gasteiger partial charge >= 0.3 is 0 Å². The van der Waals surface area contributed by atoms with Crippen LogP contribution in [0.1, 0.15) is 29.5 Å². The summed E-state index contributed by atoms with van der Waals surface area (Å²) in [5, 5.41) is 28.7. The Morgan fingerprint density at radius 2 is 1.50 bits per heavy atom. The SMILES string of the molecule is Cc1cc(C(C)c2ccc(O)cc2)c(O)cc1O. The second kappa shape index (κ2) is 4.61. The highest BCUT2D eigenvalue weighted by Crippen LogP contribution is 2.35. The Bertz CT molecular complexity index is 559. The van der Waals surface area contributed by atoms with Gasteiger partial charge in [0.05, 0.1) is 0 Å². The largest absolute Gasteiger partial charge is 0.508 e. The van der Waals surface area contributed by atoms with Crippen molar-refractivity contribution in [3.8, 4) is 17.2 Å². The lowest BCUT2D eigenvalue weighted by molar-refractivity contribution is 0.442. The number of hydrogen-bond donors (Lipinski definition) is 3. The molecule has 2 rings (SSSR count). The highest BCUT2D eigenvalue weighted by Gasteiger charge is 2.14. The van der Waals surface area contributed by atoms with Gasteiger partial charge in [-0.25, -0.2) is 0 Å². The van der Waals surface area contributed by atoms with E-state index in [1.807, 2.05) is 19.1 Å². The zero-order chi connectivity index (χ0) is 13.3. The Morgan fingerprint density at radius 1 is 0.889 bits per heavy atom. The van der Waals surface area contributed by atoms with Gasteiger partial charge in [-0.05, 0) is 36.2 Å². The van der Waals surface area contributed by atoms with Crippen molar-refractivity contribution in [2.75, 3.05) is 0 Å². The van der Waals surface area contributed by atoms with E-state index < -0.39 is 0 Å². The summed E-state index contributed by atoms with van der Waals surface area (Å²) >= 11 is 0. The Hall–Kier alpha value is -2.16. The molecule has 94 valence electrons.